The average Bonchev–Trinajstić information content (AvgIpc) is 3.69. The van der Waals surface area contributed by atoms with Crippen molar-refractivity contribution in [2.75, 3.05) is 0 Å². The van der Waals surface area contributed by atoms with Gasteiger partial charge in [0.1, 0.15) is 12.1 Å². The Labute approximate surface area is 271 Å². The van der Waals surface area contributed by atoms with Crippen molar-refractivity contribution >= 4 is 114 Å². The van der Waals surface area contributed by atoms with Gasteiger partial charge in [-0.3, -0.25) is 9.59 Å². The zero-order chi connectivity index (χ0) is 27.8. The minimum Gasteiger partial charge on any atom is -0.480 e. The van der Waals surface area contributed by atoms with E-state index in [4.69, 9.17) is 11.5 Å². The van der Waals surface area contributed by atoms with Gasteiger partial charge in [-0.25, -0.2) is 0 Å². The van der Waals surface area contributed by atoms with E-state index in [9.17, 15) is 19.8 Å². The van der Waals surface area contributed by atoms with Crippen LogP contribution in [0.5, 0.6) is 0 Å². The molecule has 5 heterocycles. The number of carbonyl (C=O) groups is 2. The molecule has 0 amide bonds. The lowest BCUT2D eigenvalue weighted by Crippen LogP contribution is -2.32. The highest BCUT2D eigenvalue weighted by Gasteiger charge is 2.23. The molecule has 0 aromatic carbocycles. The van der Waals surface area contributed by atoms with Gasteiger partial charge in [0.25, 0.3) is 0 Å². The molecular weight excluding hydrogens is 818 g/mol. The van der Waals surface area contributed by atoms with Gasteiger partial charge in [0, 0.05) is 39.0 Å². The zero-order valence-electron chi connectivity index (χ0n) is 19.9. The van der Waals surface area contributed by atoms with Crippen LogP contribution in [0.15, 0.2) is 48.5 Å². The third-order valence-electron chi connectivity index (χ3n) is 5.82. The fourth-order valence-electron chi connectivity index (χ4n) is 3.94. The van der Waals surface area contributed by atoms with Crippen LogP contribution in [-0.2, 0) is 22.4 Å². The van der Waals surface area contributed by atoms with E-state index in [0.29, 0.717) is 0 Å². The lowest BCUT2D eigenvalue weighted by atomic mass is 10.1. The van der Waals surface area contributed by atoms with E-state index in [2.05, 4.69) is 93.7 Å². The highest BCUT2D eigenvalue weighted by atomic mass is 127. The maximum absolute atomic E-state index is 11.5. The topological polar surface area (TPSA) is 127 Å². The molecule has 6 N–H and O–H groups in total. The summed E-state index contributed by atoms with van der Waals surface area (Å²) in [6, 6.07) is 14.5. The van der Waals surface area contributed by atoms with Crippen LogP contribution >= 0.6 is 102 Å². The first-order valence-electron chi connectivity index (χ1n) is 11.4. The van der Waals surface area contributed by atoms with Gasteiger partial charge in [-0.1, -0.05) is 0 Å². The molecule has 6 nitrogen and oxygen atoms in total. The van der Waals surface area contributed by atoms with Gasteiger partial charge in [-0.05, 0) is 118 Å². The Morgan fingerprint density at radius 1 is 0.615 bits per heavy atom. The van der Waals surface area contributed by atoms with Crippen molar-refractivity contribution in [3.05, 3.63) is 65.4 Å². The Hall–Kier alpha value is -1.18. The molecule has 0 aliphatic heterocycles. The van der Waals surface area contributed by atoms with Gasteiger partial charge < -0.3 is 21.7 Å². The van der Waals surface area contributed by atoms with Crippen LogP contribution in [0, 0.1) is 5.77 Å². The number of nitrogens with two attached hydrogens (primary N) is 2. The molecule has 0 fully saturated rings. The minimum atomic E-state index is -1.03. The smallest absolute Gasteiger partial charge is 0.320 e. The molecule has 39 heavy (non-hydrogen) atoms. The third kappa shape index (κ3) is 6.67. The van der Waals surface area contributed by atoms with E-state index in [1.807, 2.05) is 0 Å². The number of hydrogen-bond acceptors (Lipinski definition) is 9. The van der Waals surface area contributed by atoms with Crippen LogP contribution in [0.25, 0.3) is 39.0 Å². The lowest BCUT2D eigenvalue weighted by molar-refractivity contribution is -0.139. The summed E-state index contributed by atoms with van der Waals surface area (Å²) >= 11 is 12.9. The number of halogens is 2. The molecule has 5 aromatic rings. The van der Waals surface area contributed by atoms with E-state index in [1.54, 1.807) is 56.7 Å². The Morgan fingerprint density at radius 2 is 1.00 bits per heavy atom. The average molecular weight is 839 g/mol. The Bertz CT molecular complexity index is 1540. The zero-order valence-corrected chi connectivity index (χ0v) is 28.2. The summed E-state index contributed by atoms with van der Waals surface area (Å²) in [5, 5.41) is 18.9. The summed E-state index contributed by atoms with van der Waals surface area (Å²) in [5.41, 5.74) is 13.7. The van der Waals surface area contributed by atoms with Gasteiger partial charge in [-0.15, -0.1) is 56.7 Å². The summed E-state index contributed by atoms with van der Waals surface area (Å²) in [4.78, 5) is 31.6. The van der Waals surface area contributed by atoms with Crippen LogP contribution in [0.2, 0.25) is 0 Å². The van der Waals surface area contributed by atoms with Crippen molar-refractivity contribution in [1.82, 2.24) is 0 Å². The van der Waals surface area contributed by atoms with Gasteiger partial charge in [0.05, 0.1) is 5.77 Å². The second-order valence-electron chi connectivity index (χ2n) is 8.60. The van der Waals surface area contributed by atoms with Crippen molar-refractivity contribution in [3.63, 3.8) is 0 Å². The van der Waals surface area contributed by atoms with E-state index in [-0.39, 0.29) is 12.8 Å². The van der Waals surface area contributed by atoms with Gasteiger partial charge >= 0.3 is 11.9 Å². The third-order valence-corrected chi connectivity index (χ3v) is 13.8. The van der Waals surface area contributed by atoms with Crippen LogP contribution in [0.1, 0.15) is 11.1 Å². The van der Waals surface area contributed by atoms with Crippen molar-refractivity contribution < 1.29 is 19.8 Å². The number of hydrogen-bond donors (Lipinski definition) is 4. The van der Waals surface area contributed by atoms with Crippen molar-refractivity contribution in [3.8, 4) is 39.0 Å². The summed E-state index contributed by atoms with van der Waals surface area (Å²) in [7, 11) is 0. The van der Waals surface area contributed by atoms with Crippen molar-refractivity contribution in [2.24, 2.45) is 11.5 Å². The number of aliphatic carboxylic acids is 2. The number of thiophene rings is 5. The lowest BCUT2D eigenvalue weighted by Gasteiger charge is -2.07. The molecule has 13 heteroatoms. The molecule has 202 valence electrons. The summed E-state index contributed by atoms with van der Waals surface area (Å²) in [6.07, 6.45) is 0.464. The van der Waals surface area contributed by atoms with Crippen molar-refractivity contribution in [2.45, 2.75) is 24.9 Å². The summed E-state index contributed by atoms with van der Waals surface area (Å²) in [6.45, 7) is 0. The molecule has 5 aromatic heterocycles. The highest BCUT2D eigenvalue weighted by Crippen LogP contribution is 2.48. The molecule has 0 spiro atoms. The monoisotopic (exact) mass is 838 g/mol. The van der Waals surface area contributed by atoms with E-state index < -0.39 is 24.0 Å². The first kappa shape index (κ1) is 29.3. The normalized spacial score (nSPS) is 13.0. The summed E-state index contributed by atoms with van der Waals surface area (Å²) in [5.74, 6) is -2.06. The van der Waals surface area contributed by atoms with E-state index in [0.717, 1.165) is 50.1 Å². The second-order valence-corrected chi connectivity index (χ2v) is 17.7. The maximum atomic E-state index is 11.5. The highest BCUT2D eigenvalue weighted by molar-refractivity contribution is 14.1. The summed E-state index contributed by atoms with van der Waals surface area (Å²) < 4.78 is 2.36. The second kappa shape index (κ2) is 12.4. The number of carboxylic acid groups (broad SMARTS) is 2. The molecule has 5 rings (SSSR count). The van der Waals surface area contributed by atoms with E-state index in [1.165, 1.54) is 5.77 Å². The Kier molecular flexibility index (Phi) is 9.29. The number of carboxylic acids is 2. The van der Waals surface area contributed by atoms with Crippen LogP contribution in [-0.4, -0.2) is 34.2 Å². The maximum Gasteiger partial charge on any atom is 0.320 e. The molecule has 2 atom stereocenters. The standard InChI is InChI=1S/C26H20I2N2O4S5/c27-21-5-3-15(36-21)19-9-11(7-13(29)25(31)32)23(38-19)17-1-2-18(35-17)24-12(8-14(30)26(33)34)10-20(39-24)16-4-6-22(28)37-16/h1-6,9-10,13-14H,7-8,29-30H2,(H,31,32)(H,33,34)/t13-,14+. The predicted molar refractivity (Wildman–Crippen MR) is 182 cm³/mol. The largest absolute Gasteiger partial charge is 0.480 e. The fraction of sp³-hybridized carbons (Fsp3) is 0.154. The first-order chi connectivity index (χ1) is 18.6. The molecule has 0 bridgehead atoms. The Balaban J connectivity index is 1.56. The van der Waals surface area contributed by atoms with Gasteiger partial charge in [0.15, 0.2) is 0 Å². The Morgan fingerprint density at radius 3 is 1.33 bits per heavy atom. The van der Waals surface area contributed by atoms with Crippen LogP contribution in [0.4, 0.5) is 0 Å². The molecule has 0 saturated carbocycles. The van der Waals surface area contributed by atoms with Gasteiger partial charge in [-0.2, -0.15) is 0 Å². The fourth-order valence-corrected chi connectivity index (χ4v) is 11.0. The molecule has 0 aliphatic carbocycles. The first-order valence-corrected chi connectivity index (χ1v) is 17.7. The van der Waals surface area contributed by atoms with Crippen LogP contribution < -0.4 is 11.5 Å². The molecule has 0 saturated heterocycles. The quantitative estimate of drug-likeness (QED) is 0.107. The number of rotatable bonds is 10. The SMILES string of the molecule is N[C@H](Cc1cc(-c2ccc(I)s2)sc1-c1ccc(-c2sc(-c3ccc(I)s3)cc2C[C@H](N)C(=O)O)s1)C(=O)O. The molecule has 0 unspecified atom stereocenters. The van der Waals surface area contributed by atoms with E-state index >= 15 is 0 Å². The molecule has 0 aliphatic rings. The van der Waals surface area contributed by atoms with Crippen LogP contribution in [0.3, 0.4) is 0 Å². The van der Waals surface area contributed by atoms with Gasteiger partial charge in [0.2, 0.25) is 0 Å². The minimum absolute atomic E-state index is 0.232. The predicted octanol–water partition coefficient (Wildman–Crippen LogP) is 7.78. The molecule has 0 radical (unpaired) electrons. The van der Waals surface area contributed by atoms with Crippen molar-refractivity contribution in [1.29, 1.82) is 0 Å². The molecular formula is C26H20I2N2O4S5.